The number of anilines is 1. The number of nitrogens with zero attached hydrogens (tertiary/aromatic N) is 2. The van der Waals surface area contributed by atoms with Crippen molar-refractivity contribution in [3.63, 3.8) is 0 Å². The summed E-state index contributed by atoms with van der Waals surface area (Å²) in [5.74, 6) is 0. The summed E-state index contributed by atoms with van der Waals surface area (Å²) >= 11 is 0. The number of nitrogens with one attached hydrogen (secondary N) is 1. The second-order valence-electron chi connectivity index (χ2n) is 4.70. The third-order valence-electron chi connectivity index (χ3n) is 3.14. The second-order valence-corrected chi connectivity index (χ2v) is 4.70. The van der Waals surface area contributed by atoms with E-state index in [1.165, 1.54) is 0 Å². The number of morpholine rings is 1. The number of ether oxygens (including phenoxy) is 1. The zero-order chi connectivity index (χ0) is 13.8. The minimum absolute atomic E-state index is 0.0611. The number of urea groups is 1. The predicted molar refractivity (Wildman–Crippen MR) is 71.9 cm³/mol. The minimum atomic E-state index is -0.145. The summed E-state index contributed by atoms with van der Waals surface area (Å²) in [7, 11) is 0. The van der Waals surface area contributed by atoms with Crippen LogP contribution in [0.1, 0.15) is 18.1 Å². The van der Waals surface area contributed by atoms with E-state index in [2.05, 4.69) is 11.4 Å². The van der Waals surface area contributed by atoms with Crippen LogP contribution in [0.5, 0.6) is 0 Å². The molecular weight excluding hydrogens is 242 g/mol. The van der Waals surface area contributed by atoms with Gasteiger partial charge in [-0.1, -0.05) is 6.07 Å². The van der Waals surface area contributed by atoms with Crippen LogP contribution >= 0.6 is 0 Å². The molecule has 1 atom stereocenters. The Morgan fingerprint density at radius 1 is 1.58 bits per heavy atom. The highest BCUT2D eigenvalue weighted by atomic mass is 16.5. The first-order valence-electron chi connectivity index (χ1n) is 6.28. The Labute approximate surface area is 112 Å². The standard InChI is InChI=1S/C14H17N3O2/c1-10-3-4-12(8-15)7-13(10)16-14(18)17-5-6-19-11(2)9-17/h3-4,7,11H,5-6,9H2,1-2H3,(H,16,18)/t11-/m0/s1. The molecule has 0 aromatic heterocycles. The largest absolute Gasteiger partial charge is 0.375 e. The Bertz CT molecular complexity index is 522. The first-order valence-corrected chi connectivity index (χ1v) is 6.28. The molecule has 0 saturated carbocycles. The summed E-state index contributed by atoms with van der Waals surface area (Å²) in [6.07, 6.45) is 0.0611. The molecule has 0 bridgehead atoms. The molecule has 2 amide bonds. The van der Waals surface area contributed by atoms with E-state index in [-0.39, 0.29) is 12.1 Å². The molecule has 1 saturated heterocycles. The van der Waals surface area contributed by atoms with Gasteiger partial charge in [-0.3, -0.25) is 0 Å². The number of hydrogen-bond acceptors (Lipinski definition) is 3. The lowest BCUT2D eigenvalue weighted by Crippen LogP contribution is -2.46. The maximum atomic E-state index is 12.1. The highest BCUT2D eigenvalue weighted by Gasteiger charge is 2.21. The van der Waals surface area contributed by atoms with Gasteiger partial charge in [0.15, 0.2) is 0 Å². The SMILES string of the molecule is Cc1ccc(C#N)cc1NC(=O)N1CCO[C@@H](C)C1. The van der Waals surface area contributed by atoms with Gasteiger partial charge >= 0.3 is 6.03 Å². The summed E-state index contributed by atoms with van der Waals surface area (Å²) in [5, 5.41) is 11.7. The molecule has 1 aromatic carbocycles. The van der Waals surface area contributed by atoms with Gasteiger partial charge in [0.05, 0.1) is 24.3 Å². The normalized spacial score (nSPS) is 18.8. The second kappa shape index (κ2) is 5.72. The van der Waals surface area contributed by atoms with Gasteiger partial charge in [0.2, 0.25) is 0 Å². The summed E-state index contributed by atoms with van der Waals surface area (Å²) in [6.45, 7) is 5.58. The van der Waals surface area contributed by atoms with Crippen molar-refractivity contribution in [1.82, 2.24) is 4.90 Å². The smallest absolute Gasteiger partial charge is 0.322 e. The Morgan fingerprint density at radius 2 is 2.37 bits per heavy atom. The van der Waals surface area contributed by atoms with Gasteiger partial charge in [0.1, 0.15) is 0 Å². The zero-order valence-corrected chi connectivity index (χ0v) is 11.1. The van der Waals surface area contributed by atoms with Gasteiger partial charge in [-0.15, -0.1) is 0 Å². The van der Waals surface area contributed by atoms with Gasteiger partial charge in [0.25, 0.3) is 0 Å². The lowest BCUT2D eigenvalue weighted by Gasteiger charge is -2.31. The minimum Gasteiger partial charge on any atom is -0.375 e. The molecule has 0 unspecified atom stereocenters. The summed E-state index contributed by atoms with van der Waals surface area (Å²) in [4.78, 5) is 13.9. The molecule has 1 N–H and O–H groups in total. The maximum Gasteiger partial charge on any atom is 0.322 e. The Morgan fingerprint density at radius 3 is 3.05 bits per heavy atom. The number of rotatable bonds is 1. The lowest BCUT2D eigenvalue weighted by atomic mass is 10.1. The highest BCUT2D eigenvalue weighted by Crippen LogP contribution is 2.17. The summed E-state index contributed by atoms with van der Waals surface area (Å²) in [5.41, 5.74) is 2.16. The van der Waals surface area contributed by atoms with Crippen LogP contribution in [0.25, 0.3) is 0 Å². The van der Waals surface area contributed by atoms with Gasteiger partial charge in [0, 0.05) is 18.8 Å². The molecule has 0 aliphatic carbocycles. The Kier molecular flexibility index (Phi) is 4.03. The van der Waals surface area contributed by atoms with Crippen molar-refractivity contribution in [3.8, 4) is 6.07 Å². The molecule has 1 aliphatic heterocycles. The van der Waals surface area contributed by atoms with Gasteiger partial charge in [-0.2, -0.15) is 5.26 Å². The van der Waals surface area contributed by atoms with Crippen molar-refractivity contribution in [2.75, 3.05) is 25.0 Å². The van der Waals surface area contributed by atoms with Crippen LogP contribution in [0, 0.1) is 18.3 Å². The van der Waals surface area contributed by atoms with Crippen LogP contribution in [0.3, 0.4) is 0 Å². The average molecular weight is 259 g/mol. The van der Waals surface area contributed by atoms with Crippen LogP contribution in [-0.2, 0) is 4.74 Å². The van der Waals surface area contributed by atoms with Crippen molar-refractivity contribution >= 4 is 11.7 Å². The third-order valence-corrected chi connectivity index (χ3v) is 3.14. The fourth-order valence-electron chi connectivity index (χ4n) is 2.02. The van der Waals surface area contributed by atoms with Gasteiger partial charge < -0.3 is 15.0 Å². The van der Waals surface area contributed by atoms with E-state index < -0.39 is 0 Å². The Balaban J connectivity index is 2.08. The van der Waals surface area contributed by atoms with Crippen molar-refractivity contribution in [3.05, 3.63) is 29.3 Å². The van der Waals surface area contributed by atoms with Crippen LogP contribution in [0.4, 0.5) is 10.5 Å². The van der Waals surface area contributed by atoms with Crippen molar-refractivity contribution < 1.29 is 9.53 Å². The number of carbonyl (C=O) groups is 1. The van der Waals surface area contributed by atoms with E-state index in [0.29, 0.717) is 30.9 Å². The fourth-order valence-corrected chi connectivity index (χ4v) is 2.02. The van der Waals surface area contributed by atoms with Crippen LogP contribution in [0.2, 0.25) is 0 Å². The van der Waals surface area contributed by atoms with E-state index in [0.717, 1.165) is 5.56 Å². The highest BCUT2D eigenvalue weighted by molar-refractivity contribution is 5.90. The predicted octanol–water partition coefficient (Wildman–Crippen LogP) is 2.12. The van der Waals surface area contributed by atoms with Crippen LogP contribution < -0.4 is 5.32 Å². The van der Waals surface area contributed by atoms with E-state index in [9.17, 15) is 4.79 Å². The number of nitriles is 1. The van der Waals surface area contributed by atoms with E-state index in [1.54, 1.807) is 17.0 Å². The molecule has 1 fully saturated rings. The number of aryl methyl sites for hydroxylation is 1. The quantitative estimate of drug-likeness (QED) is 0.840. The summed E-state index contributed by atoms with van der Waals surface area (Å²) in [6, 6.07) is 7.18. The molecule has 1 heterocycles. The fraction of sp³-hybridized carbons (Fsp3) is 0.429. The molecule has 5 heteroatoms. The number of benzene rings is 1. The van der Waals surface area contributed by atoms with Crippen molar-refractivity contribution in [1.29, 1.82) is 5.26 Å². The number of amides is 2. The molecule has 0 spiro atoms. The molecule has 1 aliphatic rings. The van der Waals surface area contributed by atoms with Gasteiger partial charge in [-0.05, 0) is 31.5 Å². The van der Waals surface area contributed by atoms with E-state index in [4.69, 9.17) is 10.00 Å². The first kappa shape index (κ1) is 13.4. The number of hydrogen-bond donors (Lipinski definition) is 1. The zero-order valence-electron chi connectivity index (χ0n) is 11.1. The molecule has 100 valence electrons. The summed E-state index contributed by atoms with van der Waals surface area (Å²) < 4.78 is 5.40. The maximum absolute atomic E-state index is 12.1. The molecular formula is C14H17N3O2. The Hall–Kier alpha value is -2.06. The van der Waals surface area contributed by atoms with Gasteiger partial charge in [-0.25, -0.2) is 4.79 Å². The molecule has 5 nitrogen and oxygen atoms in total. The van der Waals surface area contributed by atoms with Crippen LogP contribution in [-0.4, -0.2) is 36.7 Å². The van der Waals surface area contributed by atoms with E-state index in [1.807, 2.05) is 19.9 Å². The van der Waals surface area contributed by atoms with Crippen molar-refractivity contribution in [2.45, 2.75) is 20.0 Å². The van der Waals surface area contributed by atoms with E-state index >= 15 is 0 Å². The lowest BCUT2D eigenvalue weighted by molar-refractivity contribution is -0.00138. The number of carbonyl (C=O) groups excluding carboxylic acids is 1. The molecule has 19 heavy (non-hydrogen) atoms. The average Bonchev–Trinajstić information content (AvgIpc) is 2.41. The molecule has 1 aromatic rings. The topological polar surface area (TPSA) is 65.4 Å². The third kappa shape index (κ3) is 3.24. The first-order chi connectivity index (χ1) is 9.10. The van der Waals surface area contributed by atoms with Crippen LogP contribution in [0.15, 0.2) is 18.2 Å². The monoisotopic (exact) mass is 259 g/mol. The van der Waals surface area contributed by atoms with Crippen molar-refractivity contribution in [2.24, 2.45) is 0 Å². The molecule has 2 rings (SSSR count). The molecule has 0 radical (unpaired) electrons.